The standard InChI is InChI=1S/C26H34F2N8O2/c1-34(2)16-23(37)29-17-6-5-7-18(14-17)30-26-32-21(35-10-12-38-13-11-35)15-22(33-26)36-20-9-4-3-8-19(20)31-25(36)24(27)28/h3-4,8-9,15,17-18,24H,5-7,10-14,16H2,1-2H3,(H,29,37)(H,30,32,33). The molecule has 0 radical (unpaired) electrons. The third-order valence-corrected chi connectivity index (χ3v) is 6.88. The van der Waals surface area contributed by atoms with E-state index in [1.54, 1.807) is 30.3 Å². The average molecular weight is 529 g/mol. The Hall–Kier alpha value is -3.38. The van der Waals surface area contributed by atoms with Crippen LogP contribution in [0.5, 0.6) is 0 Å². The minimum atomic E-state index is -2.77. The number of hydrogen-bond donors (Lipinski definition) is 2. The van der Waals surface area contributed by atoms with Crippen molar-refractivity contribution in [3.8, 4) is 5.82 Å². The Labute approximate surface area is 220 Å². The second kappa shape index (κ2) is 11.6. The molecule has 3 aromatic rings. The number of nitrogens with one attached hydrogen (secondary N) is 2. The number of imidazole rings is 1. The molecule has 38 heavy (non-hydrogen) atoms. The smallest absolute Gasteiger partial charge is 0.296 e. The molecular formula is C26H34F2N8O2. The van der Waals surface area contributed by atoms with Crippen LogP contribution in [0, 0.1) is 0 Å². The highest BCUT2D eigenvalue weighted by atomic mass is 19.3. The topological polar surface area (TPSA) is 100 Å². The van der Waals surface area contributed by atoms with Crippen molar-refractivity contribution in [2.24, 2.45) is 0 Å². The van der Waals surface area contributed by atoms with E-state index in [4.69, 9.17) is 14.7 Å². The number of nitrogens with zero attached hydrogens (tertiary/aromatic N) is 6. The third kappa shape index (κ3) is 6.02. The maximum atomic E-state index is 14.1. The quantitative estimate of drug-likeness (QED) is 0.460. The lowest BCUT2D eigenvalue weighted by atomic mass is 9.91. The third-order valence-electron chi connectivity index (χ3n) is 6.88. The monoisotopic (exact) mass is 528 g/mol. The molecule has 204 valence electrons. The van der Waals surface area contributed by atoms with Crippen LogP contribution in [0.4, 0.5) is 20.5 Å². The first-order valence-electron chi connectivity index (χ1n) is 13.1. The van der Waals surface area contributed by atoms with Crippen LogP contribution < -0.4 is 15.5 Å². The number of alkyl halides is 2. The Bertz CT molecular complexity index is 1260. The van der Waals surface area contributed by atoms with E-state index in [1.165, 1.54) is 4.57 Å². The summed E-state index contributed by atoms with van der Waals surface area (Å²) < 4.78 is 35.1. The van der Waals surface area contributed by atoms with Crippen LogP contribution >= 0.6 is 0 Å². The van der Waals surface area contributed by atoms with E-state index < -0.39 is 6.43 Å². The molecule has 2 aromatic heterocycles. The zero-order chi connectivity index (χ0) is 26.6. The molecule has 1 saturated heterocycles. The highest BCUT2D eigenvalue weighted by Crippen LogP contribution is 2.30. The van der Waals surface area contributed by atoms with Crippen molar-refractivity contribution in [3.63, 3.8) is 0 Å². The van der Waals surface area contributed by atoms with E-state index >= 15 is 0 Å². The number of benzene rings is 1. The first kappa shape index (κ1) is 26.2. The zero-order valence-electron chi connectivity index (χ0n) is 21.7. The van der Waals surface area contributed by atoms with Crippen LogP contribution in [0.3, 0.4) is 0 Å². The van der Waals surface area contributed by atoms with Gasteiger partial charge in [-0.15, -0.1) is 0 Å². The average Bonchev–Trinajstić information content (AvgIpc) is 3.29. The Morgan fingerprint density at radius 3 is 2.61 bits per heavy atom. The van der Waals surface area contributed by atoms with Crippen LogP contribution in [0.25, 0.3) is 16.9 Å². The molecule has 2 unspecified atom stereocenters. The first-order chi connectivity index (χ1) is 18.4. The molecular weight excluding hydrogens is 494 g/mol. The Morgan fingerprint density at radius 1 is 1.11 bits per heavy atom. The van der Waals surface area contributed by atoms with Crippen molar-refractivity contribution in [1.29, 1.82) is 0 Å². The number of carbonyl (C=O) groups excluding carboxylic acids is 1. The predicted octanol–water partition coefficient (Wildman–Crippen LogP) is 2.99. The van der Waals surface area contributed by atoms with Gasteiger partial charge < -0.3 is 25.2 Å². The van der Waals surface area contributed by atoms with Gasteiger partial charge in [0.2, 0.25) is 11.9 Å². The van der Waals surface area contributed by atoms with Gasteiger partial charge in [-0.2, -0.15) is 9.97 Å². The number of anilines is 2. The number of halogens is 2. The molecule has 12 heteroatoms. The Morgan fingerprint density at radius 2 is 1.84 bits per heavy atom. The maximum absolute atomic E-state index is 14.1. The minimum Gasteiger partial charge on any atom is -0.378 e. The number of amides is 1. The van der Waals surface area contributed by atoms with Crippen LogP contribution in [0.15, 0.2) is 30.3 Å². The van der Waals surface area contributed by atoms with Gasteiger partial charge >= 0.3 is 0 Å². The van der Waals surface area contributed by atoms with Gasteiger partial charge in [-0.25, -0.2) is 13.8 Å². The predicted molar refractivity (Wildman–Crippen MR) is 141 cm³/mol. The van der Waals surface area contributed by atoms with Gasteiger partial charge in [-0.05, 0) is 51.9 Å². The van der Waals surface area contributed by atoms with Crippen molar-refractivity contribution >= 4 is 28.7 Å². The van der Waals surface area contributed by atoms with Gasteiger partial charge in [0, 0.05) is 31.2 Å². The lowest BCUT2D eigenvalue weighted by Crippen LogP contribution is -2.44. The van der Waals surface area contributed by atoms with Gasteiger partial charge in [0.15, 0.2) is 5.82 Å². The van der Waals surface area contributed by atoms with Gasteiger partial charge in [0.25, 0.3) is 6.43 Å². The molecule has 1 aliphatic carbocycles. The molecule has 10 nitrogen and oxygen atoms in total. The number of carbonyl (C=O) groups is 1. The summed E-state index contributed by atoms with van der Waals surface area (Å²) in [5.41, 5.74) is 1.04. The summed E-state index contributed by atoms with van der Waals surface area (Å²) in [5, 5.41) is 6.56. The van der Waals surface area contributed by atoms with Crippen LogP contribution in [-0.2, 0) is 9.53 Å². The fraction of sp³-hybridized carbons (Fsp3) is 0.538. The highest BCUT2D eigenvalue weighted by molar-refractivity contribution is 5.79. The number of hydrogen-bond acceptors (Lipinski definition) is 8. The number of para-hydroxylation sites is 2. The molecule has 1 saturated carbocycles. The van der Waals surface area contributed by atoms with Crippen molar-refractivity contribution in [3.05, 3.63) is 36.2 Å². The summed E-state index contributed by atoms with van der Waals surface area (Å²) >= 11 is 0. The van der Waals surface area contributed by atoms with Gasteiger partial charge in [0.1, 0.15) is 11.6 Å². The number of likely N-dealkylation sites (N-methyl/N-ethyl adjacent to an activating group) is 1. The van der Waals surface area contributed by atoms with E-state index in [-0.39, 0.29) is 23.8 Å². The van der Waals surface area contributed by atoms with E-state index in [0.29, 0.717) is 61.5 Å². The number of fused-ring (bicyclic) bond motifs is 1. The van der Waals surface area contributed by atoms with Crippen LogP contribution in [-0.4, -0.2) is 89.4 Å². The molecule has 1 amide bonds. The minimum absolute atomic E-state index is 0.0000143. The van der Waals surface area contributed by atoms with Crippen LogP contribution in [0.1, 0.15) is 37.9 Å². The number of morpholine rings is 1. The van der Waals surface area contributed by atoms with Gasteiger partial charge in [0.05, 0.1) is 30.8 Å². The van der Waals surface area contributed by atoms with Crippen molar-refractivity contribution in [2.75, 3.05) is 57.2 Å². The molecule has 2 atom stereocenters. The summed E-state index contributed by atoms with van der Waals surface area (Å²) in [6.07, 6.45) is 0.718. The fourth-order valence-corrected chi connectivity index (χ4v) is 5.18. The molecule has 5 rings (SSSR count). The van der Waals surface area contributed by atoms with Crippen LogP contribution in [0.2, 0.25) is 0 Å². The first-order valence-corrected chi connectivity index (χ1v) is 13.1. The maximum Gasteiger partial charge on any atom is 0.296 e. The second-order valence-corrected chi connectivity index (χ2v) is 10.1. The molecule has 1 aromatic carbocycles. The van der Waals surface area contributed by atoms with Gasteiger partial charge in [-0.3, -0.25) is 9.36 Å². The molecule has 0 bridgehead atoms. The van der Waals surface area contributed by atoms with Gasteiger partial charge in [-0.1, -0.05) is 12.1 Å². The summed E-state index contributed by atoms with van der Waals surface area (Å²) in [6.45, 7) is 2.76. The summed E-state index contributed by atoms with van der Waals surface area (Å²) in [7, 11) is 3.73. The zero-order valence-corrected chi connectivity index (χ0v) is 21.7. The molecule has 1 aliphatic heterocycles. The highest BCUT2D eigenvalue weighted by Gasteiger charge is 2.26. The normalized spacial score (nSPS) is 20.3. The van der Waals surface area contributed by atoms with E-state index in [1.807, 2.05) is 19.0 Å². The fourth-order valence-electron chi connectivity index (χ4n) is 5.18. The largest absolute Gasteiger partial charge is 0.378 e. The lowest BCUT2D eigenvalue weighted by molar-refractivity contribution is -0.122. The van der Waals surface area contributed by atoms with E-state index in [2.05, 4.69) is 20.5 Å². The SMILES string of the molecule is CN(C)CC(=O)NC1CCCC(Nc2nc(N3CCOCC3)cc(-n3c(C(F)F)nc4ccccc43)n2)C1. The number of ether oxygens (including phenoxy) is 1. The second-order valence-electron chi connectivity index (χ2n) is 10.1. The van der Waals surface area contributed by atoms with Crippen molar-refractivity contribution < 1.29 is 18.3 Å². The lowest BCUT2D eigenvalue weighted by Gasteiger charge is -2.31. The summed E-state index contributed by atoms with van der Waals surface area (Å²) in [5.74, 6) is 0.988. The summed E-state index contributed by atoms with van der Waals surface area (Å²) in [4.78, 5) is 29.9. The van der Waals surface area contributed by atoms with Crippen molar-refractivity contribution in [2.45, 2.75) is 44.2 Å². The van der Waals surface area contributed by atoms with Crippen molar-refractivity contribution in [1.82, 2.24) is 29.7 Å². The molecule has 0 spiro atoms. The van der Waals surface area contributed by atoms with E-state index in [9.17, 15) is 13.6 Å². The number of aromatic nitrogens is 4. The molecule has 2 fully saturated rings. The molecule has 2 aliphatic rings. The Kier molecular flexibility index (Phi) is 7.98. The Balaban J connectivity index is 1.46. The summed E-state index contributed by atoms with van der Waals surface area (Å²) in [6, 6.07) is 8.88. The van der Waals surface area contributed by atoms with E-state index in [0.717, 1.165) is 25.7 Å². The molecule has 2 N–H and O–H groups in total. The number of rotatable bonds is 8. The molecule has 3 heterocycles.